The van der Waals surface area contributed by atoms with Gasteiger partial charge in [-0.15, -0.1) is 0 Å². The fourth-order valence-electron chi connectivity index (χ4n) is 11.1. The summed E-state index contributed by atoms with van der Waals surface area (Å²) in [6, 6.07) is 70.8. The van der Waals surface area contributed by atoms with Crippen LogP contribution in [0.3, 0.4) is 0 Å². The van der Waals surface area contributed by atoms with E-state index in [0.717, 1.165) is 38.9 Å². The van der Waals surface area contributed by atoms with E-state index in [1.54, 1.807) is 0 Å². The van der Waals surface area contributed by atoms with Crippen molar-refractivity contribution in [3.05, 3.63) is 251 Å². The lowest BCUT2D eigenvalue weighted by molar-refractivity contribution is -0.380. The standard InChI is InChI=1S/C67H73NO12/c1-47-59(71-40-50-27-13-4-14-28-50)62(72-41-51-29-15-5-16-30-51)64(74-43-53-33-19-7-20-34-53)66(77-47)80-61-58(46-69-38-48-23-9-2-10-24-48)78-67(79-60-55-45-76-68-56(55)37-57(60)70-39-49-25-11-3-12-26-49)65(75-44-54-35-21-8-22-36-54)63(61)73-42-52-31-17-6-18-32-52/h2-36,47,55-68H,37-46H2,1H3/t47-,55+,56+,57-,58-,59-,60-,61-,62+,63+,64-,65-,66+,67-/m1/s1. The molecule has 11 rings (SSSR count). The second-order valence-electron chi connectivity index (χ2n) is 21.0. The number of hydroxylamine groups is 1. The van der Waals surface area contributed by atoms with E-state index < -0.39 is 67.5 Å². The lowest BCUT2D eigenvalue weighted by Crippen LogP contribution is -2.66. The number of fused-ring (bicyclic) bond motifs is 1. The van der Waals surface area contributed by atoms with Gasteiger partial charge in [0.05, 0.1) is 77.8 Å². The second kappa shape index (κ2) is 28.6. The highest BCUT2D eigenvalue weighted by Gasteiger charge is 2.56. The minimum atomic E-state index is -1.04. The quantitative estimate of drug-likeness (QED) is 0.0554. The molecule has 1 saturated carbocycles. The Labute approximate surface area is 470 Å². The van der Waals surface area contributed by atoms with Crippen LogP contribution >= 0.6 is 0 Å². The average molecular weight is 1080 g/mol. The Morgan fingerprint density at radius 3 is 1.16 bits per heavy atom. The average Bonchev–Trinajstić information content (AvgIpc) is 4.11. The van der Waals surface area contributed by atoms with Crippen molar-refractivity contribution in [1.29, 1.82) is 0 Å². The molecule has 3 heterocycles. The van der Waals surface area contributed by atoms with Crippen molar-refractivity contribution >= 4 is 0 Å². The maximum Gasteiger partial charge on any atom is 0.187 e. The Morgan fingerprint density at radius 2 is 0.725 bits per heavy atom. The van der Waals surface area contributed by atoms with Crippen molar-refractivity contribution in [2.24, 2.45) is 5.92 Å². The number of benzene rings is 7. The van der Waals surface area contributed by atoms with Crippen LogP contribution in [0.2, 0.25) is 0 Å². The molecule has 13 nitrogen and oxygen atoms in total. The van der Waals surface area contributed by atoms with E-state index in [9.17, 15) is 0 Å². The molecule has 0 amide bonds. The second-order valence-corrected chi connectivity index (χ2v) is 21.0. The van der Waals surface area contributed by atoms with Crippen molar-refractivity contribution in [1.82, 2.24) is 5.48 Å². The first-order chi connectivity index (χ1) is 39.6. The molecule has 7 aromatic carbocycles. The monoisotopic (exact) mass is 1080 g/mol. The summed E-state index contributed by atoms with van der Waals surface area (Å²) in [5, 5.41) is 0. The van der Waals surface area contributed by atoms with Gasteiger partial charge in [0, 0.05) is 12.0 Å². The SMILES string of the molecule is C[C@H]1O[C@@H](O[C@H]2[C@H](OCc3ccccc3)[C@@H](OCc3ccccc3)[C@@H](O[C@@H]3[C@H]4CON[C@H]4C[C@H]3OCc3ccccc3)O[C@@H]2COCc2ccccc2)[C@H](OCc2ccccc2)[C@@H](OCc2ccccc2)[C@@H]1OCc1ccccc1. The summed E-state index contributed by atoms with van der Waals surface area (Å²) in [7, 11) is 0. The number of nitrogens with one attached hydrogen (secondary N) is 1. The normalized spacial score (nSPS) is 28.4. The van der Waals surface area contributed by atoms with E-state index in [-0.39, 0.29) is 44.5 Å². The zero-order chi connectivity index (χ0) is 54.1. The van der Waals surface area contributed by atoms with E-state index in [0.29, 0.717) is 39.5 Å². The first-order valence-corrected chi connectivity index (χ1v) is 28.1. The molecule has 0 unspecified atom stereocenters. The summed E-state index contributed by atoms with van der Waals surface area (Å²) in [4.78, 5) is 5.90. The van der Waals surface area contributed by atoms with Gasteiger partial charge in [-0.3, -0.25) is 0 Å². The molecule has 7 aromatic rings. The van der Waals surface area contributed by atoms with Crippen molar-refractivity contribution in [3.8, 4) is 0 Å². The van der Waals surface area contributed by atoms with Gasteiger partial charge in [-0.05, 0) is 52.3 Å². The predicted octanol–water partition coefficient (Wildman–Crippen LogP) is 10.9. The van der Waals surface area contributed by atoms with Crippen molar-refractivity contribution < 1.29 is 56.9 Å². The van der Waals surface area contributed by atoms with Gasteiger partial charge in [-0.2, -0.15) is 5.48 Å². The lowest BCUT2D eigenvalue weighted by atomic mass is 9.95. The molecule has 4 aliphatic rings. The number of rotatable bonds is 26. The number of hydrogen-bond donors (Lipinski definition) is 1. The molecule has 418 valence electrons. The maximum atomic E-state index is 7.59. The molecule has 0 bridgehead atoms. The van der Waals surface area contributed by atoms with Crippen LogP contribution in [-0.4, -0.2) is 92.9 Å². The zero-order valence-corrected chi connectivity index (χ0v) is 45.3. The number of ether oxygens (including phenoxy) is 11. The Morgan fingerprint density at radius 1 is 0.375 bits per heavy atom. The largest absolute Gasteiger partial charge is 0.374 e. The predicted molar refractivity (Wildman–Crippen MR) is 300 cm³/mol. The van der Waals surface area contributed by atoms with Crippen LogP contribution < -0.4 is 5.48 Å². The maximum absolute atomic E-state index is 7.59. The summed E-state index contributed by atoms with van der Waals surface area (Å²) < 4.78 is 78.4. The Bertz CT molecular complexity index is 2850. The molecule has 80 heavy (non-hydrogen) atoms. The van der Waals surface area contributed by atoms with Gasteiger partial charge in [-0.1, -0.05) is 212 Å². The van der Waals surface area contributed by atoms with Gasteiger partial charge >= 0.3 is 0 Å². The third-order valence-corrected chi connectivity index (χ3v) is 15.3. The Kier molecular flexibility index (Phi) is 20.0. The van der Waals surface area contributed by atoms with E-state index in [2.05, 4.69) is 41.9 Å². The Hall–Kier alpha value is -5.98. The fourth-order valence-corrected chi connectivity index (χ4v) is 11.1. The van der Waals surface area contributed by atoms with Crippen molar-refractivity contribution in [3.63, 3.8) is 0 Å². The summed E-state index contributed by atoms with van der Waals surface area (Å²) in [5.41, 5.74) is 10.3. The van der Waals surface area contributed by atoms with Gasteiger partial charge in [0.15, 0.2) is 12.6 Å². The highest BCUT2D eigenvalue weighted by atomic mass is 16.8. The van der Waals surface area contributed by atoms with Gasteiger partial charge in [-0.25, -0.2) is 0 Å². The summed E-state index contributed by atoms with van der Waals surface area (Å²) >= 11 is 0. The molecule has 1 N–H and O–H groups in total. The molecule has 3 aliphatic heterocycles. The molecule has 0 aromatic heterocycles. The first kappa shape index (κ1) is 55.9. The molecular formula is C67H73NO12. The van der Waals surface area contributed by atoms with Crippen LogP contribution in [0.4, 0.5) is 0 Å². The lowest BCUT2D eigenvalue weighted by Gasteiger charge is -2.50. The van der Waals surface area contributed by atoms with Gasteiger partial charge in [0.25, 0.3) is 0 Å². The molecule has 1 aliphatic carbocycles. The van der Waals surface area contributed by atoms with Gasteiger partial charge in [0.1, 0.15) is 42.7 Å². The molecule has 0 radical (unpaired) electrons. The van der Waals surface area contributed by atoms with Crippen LogP contribution in [0, 0.1) is 5.92 Å². The van der Waals surface area contributed by atoms with Crippen LogP contribution in [0.15, 0.2) is 212 Å². The molecule has 13 heteroatoms. The van der Waals surface area contributed by atoms with Gasteiger partial charge < -0.3 is 56.9 Å². The third kappa shape index (κ3) is 14.9. The minimum absolute atomic E-state index is 0.00933. The summed E-state index contributed by atoms with van der Waals surface area (Å²) in [6.45, 7) is 4.60. The molecule has 0 spiro atoms. The minimum Gasteiger partial charge on any atom is -0.374 e. The molecule has 3 saturated heterocycles. The molecular weight excluding hydrogens is 1010 g/mol. The smallest absolute Gasteiger partial charge is 0.187 e. The van der Waals surface area contributed by atoms with E-state index in [1.165, 1.54) is 0 Å². The molecule has 4 fully saturated rings. The van der Waals surface area contributed by atoms with Crippen LogP contribution in [0.5, 0.6) is 0 Å². The zero-order valence-electron chi connectivity index (χ0n) is 45.3. The summed E-state index contributed by atoms with van der Waals surface area (Å²) in [6.07, 6.45) is -8.12. The van der Waals surface area contributed by atoms with Crippen LogP contribution in [0.25, 0.3) is 0 Å². The van der Waals surface area contributed by atoms with E-state index >= 15 is 0 Å². The van der Waals surface area contributed by atoms with E-state index in [1.807, 2.05) is 183 Å². The molecule has 14 atom stereocenters. The third-order valence-electron chi connectivity index (χ3n) is 15.3. The van der Waals surface area contributed by atoms with Crippen molar-refractivity contribution in [2.75, 3.05) is 13.2 Å². The van der Waals surface area contributed by atoms with Crippen LogP contribution in [-0.2, 0) is 103 Å². The highest BCUT2D eigenvalue weighted by Crippen LogP contribution is 2.41. The fraction of sp³-hybridized carbons (Fsp3) is 0.373. The summed E-state index contributed by atoms with van der Waals surface area (Å²) in [5.74, 6) is -0.0379. The van der Waals surface area contributed by atoms with Crippen LogP contribution in [0.1, 0.15) is 52.3 Å². The van der Waals surface area contributed by atoms with Gasteiger partial charge in [0.2, 0.25) is 0 Å². The van der Waals surface area contributed by atoms with Crippen molar-refractivity contribution in [2.45, 2.75) is 139 Å². The number of hydrogen-bond acceptors (Lipinski definition) is 13. The Balaban J connectivity index is 0.972. The highest BCUT2D eigenvalue weighted by molar-refractivity contribution is 5.19. The topological polar surface area (TPSA) is 123 Å². The van der Waals surface area contributed by atoms with E-state index in [4.69, 9.17) is 56.9 Å². The first-order valence-electron chi connectivity index (χ1n) is 28.1.